The second-order valence-corrected chi connectivity index (χ2v) is 4.13. The molecule has 1 unspecified atom stereocenters. The lowest BCUT2D eigenvalue weighted by Crippen LogP contribution is -2.13. The van der Waals surface area contributed by atoms with E-state index >= 15 is 0 Å². The van der Waals surface area contributed by atoms with Gasteiger partial charge in [-0.3, -0.25) is 0 Å². The standard InChI is InChI=1S/C9H10BrN5.ClH/c1-6(11)9-12-13-14-15(9)8-4-2-3-7(10)5-8;/h2-6H,11H2,1H3;1H. The fourth-order valence-corrected chi connectivity index (χ4v) is 1.66. The van der Waals surface area contributed by atoms with Crippen LogP contribution in [0.3, 0.4) is 0 Å². The summed E-state index contributed by atoms with van der Waals surface area (Å²) < 4.78 is 2.61. The number of tetrazole rings is 1. The first kappa shape index (κ1) is 13.1. The van der Waals surface area contributed by atoms with Gasteiger partial charge in [-0.2, -0.15) is 4.68 Å². The normalized spacial score (nSPS) is 11.9. The molecule has 0 radical (unpaired) electrons. The van der Waals surface area contributed by atoms with Crippen molar-refractivity contribution in [2.45, 2.75) is 13.0 Å². The van der Waals surface area contributed by atoms with Crippen LogP contribution in [0.25, 0.3) is 5.69 Å². The van der Waals surface area contributed by atoms with Crippen LogP contribution < -0.4 is 5.73 Å². The van der Waals surface area contributed by atoms with E-state index in [0.717, 1.165) is 10.2 Å². The Bertz CT molecular complexity index is 470. The van der Waals surface area contributed by atoms with Crippen molar-refractivity contribution in [3.63, 3.8) is 0 Å². The summed E-state index contributed by atoms with van der Waals surface area (Å²) in [6.07, 6.45) is 0. The number of nitrogens with two attached hydrogens (primary N) is 1. The number of halogens is 2. The Morgan fingerprint density at radius 1 is 1.44 bits per heavy atom. The van der Waals surface area contributed by atoms with E-state index in [1.165, 1.54) is 0 Å². The highest BCUT2D eigenvalue weighted by molar-refractivity contribution is 9.10. The van der Waals surface area contributed by atoms with Gasteiger partial charge in [0.05, 0.1) is 11.7 Å². The second-order valence-electron chi connectivity index (χ2n) is 3.22. The molecule has 0 spiro atoms. The summed E-state index contributed by atoms with van der Waals surface area (Å²) in [5.74, 6) is 0.646. The zero-order chi connectivity index (χ0) is 10.8. The number of aromatic nitrogens is 4. The molecule has 0 amide bonds. The first-order valence-electron chi connectivity index (χ1n) is 4.48. The van der Waals surface area contributed by atoms with Crippen LogP contribution in [0.5, 0.6) is 0 Å². The van der Waals surface area contributed by atoms with Crippen LogP contribution in [-0.2, 0) is 0 Å². The van der Waals surface area contributed by atoms with Crippen LogP contribution in [-0.4, -0.2) is 20.2 Å². The third-order valence-electron chi connectivity index (χ3n) is 1.95. The zero-order valence-corrected chi connectivity index (χ0v) is 10.9. The van der Waals surface area contributed by atoms with E-state index in [1.807, 2.05) is 31.2 Å². The van der Waals surface area contributed by atoms with Crippen molar-refractivity contribution in [3.05, 3.63) is 34.6 Å². The van der Waals surface area contributed by atoms with Crippen LogP contribution in [0.15, 0.2) is 28.7 Å². The highest BCUT2D eigenvalue weighted by atomic mass is 79.9. The number of nitrogens with zero attached hydrogens (tertiary/aromatic N) is 4. The lowest BCUT2D eigenvalue weighted by atomic mass is 10.3. The molecule has 1 heterocycles. The van der Waals surface area contributed by atoms with E-state index in [9.17, 15) is 0 Å². The monoisotopic (exact) mass is 303 g/mol. The van der Waals surface area contributed by atoms with Gasteiger partial charge in [0.25, 0.3) is 0 Å². The topological polar surface area (TPSA) is 69.6 Å². The predicted molar refractivity (Wildman–Crippen MR) is 66.7 cm³/mol. The van der Waals surface area contributed by atoms with Crippen molar-refractivity contribution in [1.29, 1.82) is 0 Å². The van der Waals surface area contributed by atoms with Gasteiger partial charge in [-0.25, -0.2) is 0 Å². The molecule has 0 aliphatic rings. The van der Waals surface area contributed by atoms with Crippen molar-refractivity contribution in [3.8, 4) is 5.69 Å². The smallest absolute Gasteiger partial charge is 0.173 e. The summed E-state index contributed by atoms with van der Waals surface area (Å²) >= 11 is 3.40. The van der Waals surface area contributed by atoms with Crippen LogP contribution >= 0.6 is 28.3 Å². The average Bonchev–Trinajstić information content (AvgIpc) is 2.65. The zero-order valence-electron chi connectivity index (χ0n) is 8.54. The molecule has 0 aliphatic heterocycles. The molecule has 0 saturated carbocycles. The van der Waals surface area contributed by atoms with Gasteiger partial charge in [0.15, 0.2) is 5.82 Å². The number of benzene rings is 1. The van der Waals surface area contributed by atoms with Crippen LogP contribution in [0.1, 0.15) is 18.8 Å². The van der Waals surface area contributed by atoms with Crippen molar-refractivity contribution >= 4 is 28.3 Å². The van der Waals surface area contributed by atoms with Crippen molar-refractivity contribution in [1.82, 2.24) is 20.2 Å². The molecule has 0 fully saturated rings. The minimum Gasteiger partial charge on any atom is -0.321 e. The Balaban J connectivity index is 0.00000128. The van der Waals surface area contributed by atoms with E-state index in [1.54, 1.807) is 4.68 Å². The van der Waals surface area contributed by atoms with Gasteiger partial charge in [-0.15, -0.1) is 17.5 Å². The van der Waals surface area contributed by atoms with Gasteiger partial charge in [-0.1, -0.05) is 22.0 Å². The molecule has 5 nitrogen and oxygen atoms in total. The fourth-order valence-electron chi connectivity index (χ4n) is 1.27. The lowest BCUT2D eigenvalue weighted by Gasteiger charge is -2.06. The van der Waals surface area contributed by atoms with E-state index in [4.69, 9.17) is 5.73 Å². The molecule has 1 aromatic heterocycles. The minimum atomic E-state index is -0.195. The maximum atomic E-state index is 5.76. The molecule has 0 saturated heterocycles. The quantitative estimate of drug-likeness (QED) is 0.919. The number of rotatable bonds is 2. The largest absolute Gasteiger partial charge is 0.321 e. The summed E-state index contributed by atoms with van der Waals surface area (Å²) in [5, 5.41) is 11.4. The van der Waals surface area contributed by atoms with E-state index < -0.39 is 0 Å². The number of hydrogen-bond acceptors (Lipinski definition) is 4. The Morgan fingerprint density at radius 3 is 2.81 bits per heavy atom. The molecule has 7 heteroatoms. The van der Waals surface area contributed by atoms with Crippen LogP contribution in [0.4, 0.5) is 0 Å². The van der Waals surface area contributed by atoms with Crippen LogP contribution in [0.2, 0.25) is 0 Å². The lowest BCUT2D eigenvalue weighted by molar-refractivity contribution is 0.688. The van der Waals surface area contributed by atoms with Crippen molar-refractivity contribution in [2.75, 3.05) is 0 Å². The van der Waals surface area contributed by atoms with Gasteiger partial charge in [0, 0.05) is 4.47 Å². The summed E-state index contributed by atoms with van der Waals surface area (Å²) in [5.41, 5.74) is 6.65. The molecule has 86 valence electrons. The molecule has 2 aromatic rings. The molecule has 2 rings (SSSR count). The average molecular weight is 305 g/mol. The Hall–Kier alpha value is -0.980. The molecular formula is C9H11BrClN5. The van der Waals surface area contributed by atoms with E-state index in [2.05, 4.69) is 31.5 Å². The van der Waals surface area contributed by atoms with Gasteiger partial charge in [0.2, 0.25) is 0 Å². The maximum absolute atomic E-state index is 5.76. The SMILES string of the molecule is CC(N)c1nnnn1-c1cccc(Br)c1.Cl. The highest BCUT2D eigenvalue weighted by Crippen LogP contribution is 2.16. The highest BCUT2D eigenvalue weighted by Gasteiger charge is 2.11. The summed E-state index contributed by atoms with van der Waals surface area (Å²) in [7, 11) is 0. The van der Waals surface area contributed by atoms with Gasteiger partial charge in [-0.05, 0) is 35.5 Å². The molecule has 0 aliphatic carbocycles. The second kappa shape index (κ2) is 5.38. The first-order valence-corrected chi connectivity index (χ1v) is 5.27. The van der Waals surface area contributed by atoms with E-state index in [-0.39, 0.29) is 18.4 Å². The van der Waals surface area contributed by atoms with Gasteiger partial charge in [0.1, 0.15) is 0 Å². The predicted octanol–water partition coefficient (Wildman–Crippen LogP) is 1.87. The first-order chi connectivity index (χ1) is 7.18. The molecular weight excluding hydrogens is 293 g/mol. The Labute approximate surface area is 108 Å². The molecule has 1 aromatic carbocycles. The molecule has 16 heavy (non-hydrogen) atoms. The van der Waals surface area contributed by atoms with Gasteiger partial charge < -0.3 is 5.73 Å². The third kappa shape index (κ3) is 2.58. The molecule has 1 atom stereocenters. The van der Waals surface area contributed by atoms with Crippen molar-refractivity contribution < 1.29 is 0 Å². The van der Waals surface area contributed by atoms with Crippen LogP contribution in [0, 0.1) is 0 Å². The summed E-state index contributed by atoms with van der Waals surface area (Å²) in [6.45, 7) is 1.85. The molecule has 0 bridgehead atoms. The van der Waals surface area contributed by atoms with Crippen molar-refractivity contribution in [2.24, 2.45) is 5.73 Å². The summed E-state index contributed by atoms with van der Waals surface area (Å²) in [4.78, 5) is 0. The summed E-state index contributed by atoms with van der Waals surface area (Å²) in [6, 6.07) is 7.53. The third-order valence-corrected chi connectivity index (χ3v) is 2.45. The minimum absolute atomic E-state index is 0. The Morgan fingerprint density at radius 2 is 2.19 bits per heavy atom. The van der Waals surface area contributed by atoms with Gasteiger partial charge >= 0.3 is 0 Å². The fraction of sp³-hybridized carbons (Fsp3) is 0.222. The molecule has 2 N–H and O–H groups in total. The van der Waals surface area contributed by atoms with E-state index in [0.29, 0.717) is 5.82 Å². The maximum Gasteiger partial charge on any atom is 0.173 e. The number of hydrogen-bond donors (Lipinski definition) is 1. The Kier molecular flexibility index (Phi) is 4.40.